The topological polar surface area (TPSA) is 51.0 Å². The normalized spacial score (nSPS) is 15.0. The highest BCUT2D eigenvalue weighted by Gasteiger charge is 2.27. The van der Waals surface area contributed by atoms with Gasteiger partial charge in [0.05, 0.1) is 24.4 Å². The number of H-pyrrole nitrogens is 1. The van der Waals surface area contributed by atoms with Crippen molar-refractivity contribution in [3.63, 3.8) is 0 Å². The minimum absolute atomic E-state index is 0.219. The zero-order chi connectivity index (χ0) is 24.4. The molecule has 0 atom stereocenters. The first kappa shape index (κ1) is 26.7. The molecule has 1 saturated carbocycles. The molecular formula is C28H38F2N2O. The monoisotopic (exact) mass is 456 g/mol. The number of fused-ring (bicyclic) bond motifs is 1. The average Bonchev–Trinajstić information content (AvgIpc) is 3.13. The fourth-order valence-corrected chi connectivity index (χ4v) is 4.03. The van der Waals surface area contributed by atoms with E-state index in [0.29, 0.717) is 11.4 Å². The lowest BCUT2D eigenvalue weighted by Gasteiger charge is -2.26. The van der Waals surface area contributed by atoms with Crippen molar-refractivity contribution in [2.75, 3.05) is 20.3 Å². The first-order valence-corrected chi connectivity index (χ1v) is 11.9. The van der Waals surface area contributed by atoms with Crippen molar-refractivity contribution in [2.24, 2.45) is 11.7 Å². The van der Waals surface area contributed by atoms with Gasteiger partial charge < -0.3 is 15.5 Å². The van der Waals surface area contributed by atoms with Gasteiger partial charge in [0, 0.05) is 11.3 Å². The highest BCUT2D eigenvalue weighted by atomic mass is 19.1. The smallest absolute Gasteiger partial charge is 0.147 e. The summed E-state index contributed by atoms with van der Waals surface area (Å²) < 4.78 is 32.4. The van der Waals surface area contributed by atoms with Gasteiger partial charge in [0.15, 0.2) is 0 Å². The Morgan fingerprint density at radius 2 is 1.73 bits per heavy atom. The molecule has 3 nitrogen and oxygen atoms in total. The number of hydrogen-bond acceptors (Lipinski definition) is 2. The molecule has 0 spiro atoms. The Balaban J connectivity index is 0.000000295. The summed E-state index contributed by atoms with van der Waals surface area (Å²) in [6.07, 6.45) is 6.56. The van der Waals surface area contributed by atoms with Gasteiger partial charge >= 0.3 is 0 Å². The first-order chi connectivity index (χ1) is 16.1. The van der Waals surface area contributed by atoms with Gasteiger partial charge in [-0.25, -0.2) is 8.78 Å². The van der Waals surface area contributed by atoms with Crippen molar-refractivity contribution in [2.45, 2.75) is 52.4 Å². The van der Waals surface area contributed by atoms with Gasteiger partial charge in [-0.3, -0.25) is 0 Å². The Labute approximate surface area is 197 Å². The maximum Gasteiger partial charge on any atom is 0.147 e. The summed E-state index contributed by atoms with van der Waals surface area (Å²) >= 11 is 0. The molecule has 0 radical (unpaired) electrons. The van der Waals surface area contributed by atoms with E-state index in [9.17, 15) is 8.78 Å². The van der Waals surface area contributed by atoms with E-state index < -0.39 is 0 Å². The lowest BCUT2D eigenvalue weighted by Crippen LogP contribution is -2.26. The summed E-state index contributed by atoms with van der Waals surface area (Å²) in [4.78, 5) is 3.25. The van der Waals surface area contributed by atoms with Gasteiger partial charge in [-0.05, 0) is 92.2 Å². The standard InChI is InChI=1S/C19H17F2N.C6H10O.C2H6.CH5N/c1-11-9-15-17(12-3-2-4-12)18(22-19(15)16(21)10-11)13-5-7-14(20)8-6-13;1-2-3-6-4-7-5-6;2*1-2/h5-10,12,22H,2-4H2,1H3;2,6H,1,3-5H2;1-2H3;2H2,1H3. The van der Waals surface area contributed by atoms with Gasteiger partial charge in [0.1, 0.15) is 11.6 Å². The van der Waals surface area contributed by atoms with Crippen molar-refractivity contribution in [1.82, 2.24) is 4.98 Å². The maximum atomic E-state index is 14.3. The Hall–Kier alpha value is -2.50. The molecule has 0 unspecified atom stereocenters. The Morgan fingerprint density at radius 1 is 1.09 bits per heavy atom. The van der Waals surface area contributed by atoms with Crippen LogP contribution < -0.4 is 5.73 Å². The number of ether oxygens (including phenoxy) is 1. The second kappa shape index (κ2) is 13.3. The van der Waals surface area contributed by atoms with E-state index in [1.54, 1.807) is 18.2 Å². The molecule has 0 amide bonds. The van der Waals surface area contributed by atoms with E-state index in [1.165, 1.54) is 31.2 Å². The van der Waals surface area contributed by atoms with Crippen LogP contribution in [-0.4, -0.2) is 25.2 Å². The summed E-state index contributed by atoms with van der Waals surface area (Å²) in [5, 5.41) is 0.974. The average molecular weight is 457 g/mol. The molecule has 1 aliphatic heterocycles. The molecule has 5 rings (SSSR count). The van der Waals surface area contributed by atoms with Crippen molar-refractivity contribution < 1.29 is 13.5 Å². The zero-order valence-corrected chi connectivity index (χ0v) is 20.4. The summed E-state index contributed by atoms with van der Waals surface area (Å²) in [7, 11) is 1.50. The fraction of sp³-hybridized carbons (Fsp3) is 0.429. The third-order valence-corrected chi connectivity index (χ3v) is 5.90. The predicted molar refractivity (Wildman–Crippen MR) is 136 cm³/mol. The van der Waals surface area contributed by atoms with Crippen LogP contribution in [0.4, 0.5) is 8.78 Å². The quantitative estimate of drug-likeness (QED) is 0.399. The number of nitrogens with one attached hydrogen (secondary N) is 1. The third-order valence-electron chi connectivity index (χ3n) is 5.90. The van der Waals surface area contributed by atoms with Gasteiger partial charge in [0.2, 0.25) is 0 Å². The first-order valence-electron chi connectivity index (χ1n) is 11.9. The van der Waals surface area contributed by atoms with Gasteiger partial charge in [-0.15, -0.1) is 6.58 Å². The van der Waals surface area contributed by atoms with E-state index >= 15 is 0 Å². The van der Waals surface area contributed by atoms with Crippen LogP contribution in [0.15, 0.2) is 49.1 Å². The molecule has 0 bridgehead atoms. The van der Waals surface area contributed by atoms with Gasteiger partial charge in [-0.1, -0.05) is 26.3 Å². The lowest BCUT2D eigenvalue weighted by molar-refractivity contribution is -0.0299. The van der Waals surface area contributed by atoms with Gasteiger partial charge in [0.25, 0.3) is 0 Å². The van der Waals surface area contributed by atoms with Crippen molar-refractivity contribution >= 4 is 10.9 Å². The number of allylic oxidation sites excluding steroid dienone is 1. The molecule has 5 heteroatoms. The minimum atomic E-state index is -0.257. The molecule has 1 saturated heterocycles. The fourth-order valence-electron chi connectivity index (χ4n) is 4.03. The zero-order valence-electron chi connectivity index (χ0n) is 20.4. The lowest BCUT2D eigenvalue weighted by atomic mass is 9.78. The van der Waals surface area contributed by atoms with E-state index in [2.05, 4.69) is 23.4 Å². The van der Waals surface area contributed by atoms with E-state index in [0.717, 1.165) is 60.6 Å². The van der Waals surface area contributed by atoms with Crippen LogP contribution in [0, 0.1) is 24.5 Å². The van der Waals surface area contributed by atoms with Crippen molar-refractivity contribution in [1.29, 1.82) is 0 Å². The Kier molecular flexibility index (Phi) is 10.8. The molecule has 3 N–H and O–H groups in total. The number of aromatic nitrogens is 1. The number of rotatable bonds is 4. The van der Waals surface area contributed by atoms with E-state index in [-0.39, 0.29) is 11.6 Å². The summed E-state index contributed by atoms with van der Waals surface area (Å²) in [5.41, 5.74) is 9.03. The van der Waals surface area contributed by atoms with Crippen molar-refractivity contribution in [3.8, 4) is 11.3 Å². The van der Waals surface area contributed by atoms with Crippen LogP contribution in [0.2, 0.25) is 0 Å². The molecule has 180 valence electrons. The van der Waals surface area contributed by atoms with Crippen LogP contribution in [-0.2, 0) is 4.74 Å². The van der Waals surface area contributed by atoms with Crippen LogP contribution in [0.1, 0.15) is 56.6 Å². The van der Waals surface area contributed by atoms with Crippen LogP contribution >= 0.6 is 0 Å². The molecular weight excluding hydrogens is 418 g/mol. The number of benzene rings is 2. The van der Waals surface area contributed by atoms with E-state index in [4.69, 9.17) is 4.74 Å². The number of aryl methyl sites for hydroxylation is 1. The van der Waals surface area contributed by atoms with Gasteiger partial charge in [-0.2, -0.15) is 0 Å². The minimum Gasteiger partial charge on any atom is -0.381 e. The molecule has 1 aromatic heterocycles. The molecule has 33 heavy (non-hydrogen) atoms. The second-order valence-corrected chi connectivity index (χ2v) is 8.15. The highest BCUT2D eigenvalue weighted by molar-refractivity contribution is 5.92. The number of halogens is 2. The molecule has 2 aliphatic rings. The molecule has 2 fully saturated rings. The summed E-state index contributed by atoms with van der Waals surface area (Å²) in [6.45, 7) is 11.4. The Morgan fingerprint density at radius 3 is 2.18 bits per heavy atom. The van der Waals surface area contributed by atoms with Crippen molar-refractivity contribution in [3.05, 3.63) is 71.8 Å². The SMILES string of the molecule is C=CCC1COC1.CC.CN.Cc1cc(F)c2[nH]c(-c3ccc(F)cc3)c(C3CCC3)c2c1. The third kappa shape index (κ3) is 6.52. The molecule has 2 aromatic carbocycles. The summed E-state index contributed by atoms with van der Waals surface area (Å²) in [5.74, 6) is 0.781. The predicted octanol–water partition coefficient (Wildman–Crippen LogP) is 7.50. The molecule has 1 aliphatic carbocycles. The van der Waals surface area contributed by atoms with Crippen LogP contribution in [0.25, 0.3) is 22.2 Å². The molecule has 3 aromatic rings. The molecule has 2 heterocycles. The van der Waals surface area contributed by atoms with Crippen LogP contribution in [0.5, 0.6) is 0 Å². The van der Waals surface area contributed by atoms with Crippen LogP contribution in [0.3, 0.4) is 0 Å². The highest BCUT2D eigenvalue weighted by Crippen LogP contribution is 2.45. The maximum absolute atomic E-state index is 14.3. The Bertz CT molecular complexity index is 1000. The number of aromatic amines is 1. The number of hydrogen-bond donors (Lipinski definition) is 2. The largest absolute Gasteiger partial charge is 0.381 e. The van der Waals surface area contributed by atoms with E-state index in [1.807, 2.05) is 26.8 Å². The summed E-state index contributed by atoms with van der Waals surface area (Å²) in [6, 6.07) is 10.0. The second-order valence-electron chi connectivity index (χ2n) is 8.15. The number of nitrogens with two attached hydrogens (primary N) is 1.